The van der Waals surface area contributed by atoms with Gasteiger partial charge in [0.15, 0.2) is 0 Å². The molecular formula is C22H42O2. The summed E-state index contributed by atoms with van der Waals surface area (Å²) in [5.74, 6) is -0.0740. The molecule has 0 unspecified atom stereocenters. The molecule has 0 heterocycles. The van der Waals surface area contributed by atoms with Gasteiger partial charge in [0.2, 0.25) is 0 Å². The number of unbranched alkanes of at least 4 members (excludes halogenated alkanes) is 12. The fourth-order valence-corrected chi connectivity index (χ4v) is 2.69. The Bertz CT molecular complexity index is 294. The molecule has 0 amide bonds. The number of rotatable bonds is 17. The first kappa shape index (κ1) is 23.2. The Morgan fingerprint density at radius 2 is 1.21 bits per heavy atom. The monoisotopic (exact) mass is 338 g/mol. The largest absolute Gasteiger partial charge is 0.465 e. The molecule has 0 bridgehead atoms. The smallest absolute Gasteiger partial charge is 0.308 e. The molecule has 2 heteroatoms. The number of ether oxygens (including phenoxy) is 1. The predicted molar refractivity (Wildman–Crippen MR) is 105 cm³/mol. The number of hydrogen-bond donors (Lipinski definition) is 0. The van der Waals surface area contributed by atoms with Crippen molar-refractivity contribution in [2.24, 2.45) is 5.92 Å². The summed E-state index contributed by atoms with van der Waals surface area (Å²) in [7, 11) is 0. The molecule has 0 radical (unpaired) electrons. The van der Waals surface area contributed by atoms with Crippen LogP contribution in [0.3, 0.4) is 0 Å². The van der Waals surface area contributed by atoms with Gasteiger partial charge in [0.05, 0.1) is 12.5 Å². The number of esters is 1. The Hall–Kier alpha value is -0.790. The molecule has 142 valence electrons. The van der Waals surface area contributed by atoms with E-state index in [9.17, 15) is 4.79 Å². The maximum atomic E-state index is 11.3. The molecule has 0 aromatic carbocycles. The topological polar surface area (TPSA) is 26.3 Å². The van der Waals surface area contributed by atoms with E-state index >= 15 is 0 Å². The standard InChI is InChI=1S/C22H42O2/c1-4-5-6-7-8-9-10-11-12-13-14-15-16-17-18-19-20-24-22(23)21(2)3/h13-14,21H,4-12,15-20H2,1-3H3/b14-13-. The molecule has 0 saturated carbocycles. The molecule has 0 spiro atoms. The number of hydrogen-bond acceptors (Lipinski definition) is 2. The Morgan fingerprint density at radius 1 is 0.750 bits per heavy atom. The second-order valence-corrected chi connectivity index (χ2v) is 7.26. The molecule has 0 aliphatic rings. The molecular weight excluding hydrogens is 296 g/mol. The van der Waals surface area contributed by atoms with E-state index in [0.29, 0.717) is 6.61 Å². The van der Waals surface area contributed by atoms with Crippen molar-refractivity contribution in [2.75, 3.05) is 6.61 Å². The van der Waals surface area contributed by atoms with Crippen LogP contribution < -0.4 is 0 Å². The van der Waals surface area contributed by atoms with Gasteiger partial charge in [-0.05, 0) is 32.1 Å². The summed E-state index contributed by atoms with van der Waals surface area (Å²) in [5, 5.41) is 0. The van der Waals surface area contributed by atoms with Gasteiger partial charge in [0.25, 0.3) is 0 Å². The van der Waals surface area contributed by atoms with Crippen LogP contribution in [-0.4, -0.2) is 12.6 Å². The zero-order valence-electron chi connectivity index (χ0n) is 16.7. The Kier molecular flexibility index (Phi) is 17.9. The van der Waals surface area contributed by atoms with E-state index in [1.54, 1.807) is 0 Å². The third kappa shape index (κ3) is 17.6. The summed E-state index contributed by atoms with van der Waals surface area (Å²) >= 11 is 0. The molecule has 0 saturated heterocycles. The van der Waals surface area contributed by atoms with Crippen molar-refractivity contribution in [3.63, 3.8) is 0 Å². The van der Waals surface area contributed by atoms with Gasteiger partial charge in [0, 0.05) is 0 Å². The Morgan fingerprint density at radius 3 is 1.71 bits per heavy atom. The first-order chi connectivity index (χ1) is 11.7. The van der Waals surface area contributed by atoms with E-state index in [4.69, 9.17) is 4.74 Å². The second-order valence-electron chi connectivity index (χ2n) is 7.26. The van der Waals surface area contributed by atoms with E-state index in [1.807, 2.05) is 13.8 Å². The molecule has 2 nitrogen and oxygen atoms in total. The van der Waals surface area contributed by atoms with Crippen LogP contribution in [0.15, 0.2) is 12.2 Å². The molecule has 0 N–H and O–H groups in total. The highest BCUT2D eigenvalue weighted by atomic mass is 16.5. The highest BCUT2D eigenvalue weighted by Crippen LogP contribution is 2.10. The van der Waals surface area contributed by atoms with Gasteiger partial charge in [-0.15, -0.1) is 0 Å². The van der Waals surface area contributed by atoms with Crippen LogP contribution >= 0.6 is 0 Å². The summed E-state index contributed by atoms with van der Waals surface area (Å²) in [6.45, 7) is 6.62. The van der Waals surface area contributed by atoms with E-state index in [2.05, 4.69) is 19.1 Å². The van der Waals surface area contributed by atoms with Gasteiger partial charge in [-0.2, -0.15) is 0 Å². The fraction of sp³-hybridized carbons (Fsp3) is 0.864. The predicted octanol–water partition coefficient (Wildman–Crippen LogP) is 7.22. The Balaban J connectivity index is 3.15. The van der Waals surface area contributed by atoms with Crippen molar-refractivity contribution in [1.29, 1.82) is 0 Å². The van der Waals surface area contributed by atoms with Crippen molar-refractivity contribution in [3.05, 3.63) is 12.2 Å². The second kappa shape index (κ2) is 18.5. The molecule has 0 aromatic heterocycles. The highest BCUT2D eigenvalue weighted by Gasteiger charge is 2.06. The minimum absolute atomic E-state index is 0.00352. The van der Waals surface area contributed by atoms with Crippen LogP contribution in [0.5, 0.6) is 0 Å². The lowest BCUT2D eigenvalue weighted by Crippen LogP contribution is -2.12. The zero-order valence-corrected chi connectivity index (χ0v) is 16.7. The third-order valence-corrected chi connectivity index (χ3v) is 4.37. The van der Waals surface area contributed by atoms with Crippen LogP contribution in [0.4, 0.5) is 0 Å². The first-order valence-electron chi connectivity index (χ1n) is 10.5. The van der Waals surface area contributed by atoms with Crippen LogP contribution in [0.1, 0.15) is 111 Å². The average molecular weight is 339 g/mol. The quantitative estimate of drug-likeness (QED) is 0.159. The van der Waals surface area contributed by atoms with Crippen molar-refractivity contribution in [1.82, 2.24) is 0 Å². The number of allylic oxidation sites excluding steroid dienone is 2. The molecule has 0 rings (SSSR count). The van der Waals surface area contributed by atoms with E-state index in [0.717, 1.165) is 12.8 Å². The lowest BCUT2D eigenvalue weighted by Gasteiger charge is -2.06. The molecule has 0 aromatic rings. The Labute approximate surface area is 151 Å². The maximum Gasteiger partial charge on any atom is 0.308 e. The SMILES string of the molecule is CCCCCCCCCC/C=C\CCCCCCOC(=O)C(C)C. The minimum Gasteiger partial charge on any atom is -0.465 e. The van der Waals surface area contributed by atoms with Crippen LogP contribution in [0, 0.1) is 5.92 Å². The van der Waals surface area contributed by atoms with Crippen LogP contribution in [0.25, 0.3) is 0 Å². The van der Waals surface area contributed by atoms with Gasteiger partial charge >= 0.3 is 5.97 Å². The van der Waals surface area contributed by atoms with E-state index < -0.39 is 0 Å². The van der Waals surface area contributed by atoms with E-state index in [1.165, 1.54) is 77.0 Å². The van der Waals surface area contributed by atoms with Gasteiger partial charge in [0.1, 0.15) is 0 Å². The minimum atomic E-state index is -0.0705. The summed E-state index contributed by atoms with van der Waals surface area (Å²) in [4.78, 5) is 11.3. The highest BCUT2D eigenvalue weighted by molar-refractivity contribution is 5.71. The van der Waals surface area contributed by atoms with Crippen molar-refractivity contribution < 1.29 is 9.53 Å². The molecule has 24 heavy (non-hydrogen) atoms. The summed E-state index contributed by atoms with van der Waals surface area (Å²) in [6, 6.07) is 0. The van der Waals surface area contributed by atoms with Gasteiger partial charge < -0.3 is 4.74 Å². The van der Waals surface area contributed by atoms with E-state index in [-0.39, 0.29) is 11.9 Å². The summed E-state index contributed by atoms with van der Waals surface area (Å²) in [5.41, 5.74) is 0. The van der Waals surface area contributed by atoms with Gasteiger partial charge in [-0.1, -0.05) is 90.7 Å². The summed E-state index contributed by atoms with van der Waals surface area (Å²) < 4.78 is 5.17. The van der Waals surface area contributed by atoms with Gasteiger partial charge in [-0.3, -0.25) is 4.79 Å². The lowest BCUT2D eigenvalue weighted by atomic mass is 10.1. The lowest BCUT2D eigenvalue weighted by molar-refractivity contribution is -0.147. The normalized spacial score (nSPS) is 11.5. The van der Waals surface area contributed by atoms with Gasteiger partial charge in [-0.25, -0.2) is 0 Å². The van der Waals surface area contributed by atoms with Crippen LogP contribution in [0.2, 0.25) is 0 Å². The fourth-order valence-electron chi connectivity index (χ4n) is 2.69. The van der Waals surface area contributed by atoms with Crippen molar-refractivity contribution >= 4 is 5.97 Å². The van der Waals surface area contributed by atoms with Crippen molar-refractivity contribution in [2.45, 2.75) is 111 Å². The summed E-state index contributed by atoms with van der Waals surface area (Å²) in [6.07, 6.45) is 23.0. The number of carbonyl (C=O) groups is 1. The van der Waals surface area contributed by atoms with Crippen LogP contribution in [-0.2, 0) is 9.53 Å². The molecule has 0 aliphatic carbocycles. The first-order valence-corrected chi connectivity index (χ1v) is 10.5. The third-order valence-electron chi connectivity index (χ3n) is 4.37. The average Bonchev–Trinajstić information content (AvgIpc) is 2.57. The van der Waals surface area contributed by atoms with Crippen molar-refractivity contribution in [3.8, 4) is 0 Å². The number of carbonyl (C=O) groups excluding carboxylic acids is 1. The molecule has 0 fully saturated rings. The molecule has 0 atom stereocenters. The molecule has 0 aliphatic heterocycles. The zero-order chi connectivity index (χ0) is 17.9. The maximum absolute atomic E-state index is 11.3.